The van der Waals surface area contributed by atoms with Crippen molar-refractivity contribution in [2.24, 2.45) is 0 Å². The average Bonchev–Trinajstić information content (AvgIpc) is 2.52. The maximum atomic E-state index is 12.0. The summed E-state index contributed by atoms with van der Waals surface area (Å²) in [7, 11) is 1.85. The van der Waals surface area contributed by atoms with E-state index in [9.17, 15) is 4.79 Å². The van der Waals surface area contributed by atoms with Crippen LogP contribution in [0.2, 0.25) is 5.02 Å². The molecule has 23 heavy (non-hydrogen) atoms. The Morgan fingerprint density at radius 2 is 1.70 bits per heavy atom. The number of anilines is 1. The molecule has 2 aromatic rings. The molecule has 0 aliphatic carbocycles. The molecule has 122 valence electrons. The van der Waals surface area contributed by atoms with Crippen molar-refractivity contribution in [2.75, 3.05) is 11.9 Å². The maximum absolute atomic E-state index is 12.0. The minimum absolute atomic E-state index is 0.420. The molecular weight excluding hydrogens is 314 g/mol. The predicted molar refractivity (Wildman–Crippen MR) is 92.3 cm³/mol. The van der Waals surface area contributed by atoms with Crippen molar-refractivity contribution in [2.45, 2.75) is 27.0 Å². The number of para-hydroxylation sites is 1. The Bertz CT molecular complexity index is 665. The molecule has 0 fully saturated rings. The lowest BCUT2D eigenvalue weighted by Crippen LogP contribution is -2.34. The Labute approximate surface area is 141 Å². The van der Waals surface area contributed by atoms with Crippen molar-refractivity contribution in [3.8, 4) is 5.75 Å². The number of hydrogen-bond acceptors (Lipinski definition) is 4. The summed E-state index contributed by atoms with van der Waals surface area (Å²) in [5, 5.41) is 0.669. The molecule has 0 saturated heterocycles. The Morgan fingerprint density at radius 1 is 1.13 bits per heavy atom. The molecule has 1 atom stereocenters. The van der Waals surface area contributed by atoms with E-state index in [-0.39, 0.29) is 0 Å². The number of hydrogen-bond donors (Lipinski definition) is 0. The van der Waals surface area contributed by atoms with E-state index < -0.39 is 12.4 Å². The van der Waals surface area contributed by atoms with Gasteiger partial charge in [0.25, 0.3) is 0 Å². The summed E-state index contributed by atoms with van der Waals surface area (Å²) in [6.07, 6.45) is -1.21. The van der Waals surface area contributed by atoms with Gasteiger partial charge in [0.15, 0.2) is 6.23 Å². The van der Waals surface area contributed by atoms with E-state index in [1.165, 1.54) is 0 Å². The second-order valence-corrected chi connectivity index (χ2v) is 5.76. The first-order valence-electron chi connectivity index (χ1n) is 7.31. The van der Waals surface area contributed by atoms with Crippen molar-refractivity contribution < 1.29 is 14.3 Å². The van der Waals surface area contributed by atoms with E-state index >= 15 is 0 Å². The van der Waals surface area contributed by atoms with Crippen molar-refractivity contribution in [1.82, 2.24) is 0 Å². The molecule has 0 amide bonds. The number of nitrogens with zero attached hydrogens (tertiary/aromatic N) is 1. The quantitative estimate of drug-likeness (QED) is 0.450. The summed E-state index contributed by atoms with van der Waals surface area (Å²) in [5.41, 5.74) is 2.65. The summed E-state index contributed by atoms with van der Waals surface area (Å²) in [4.78, 5) is 13.8. The van der Waals surface area contributed by atoms with E-state index in [1.54, 1.807) is 19.1 Å². The topological polar surface area (TPSA) is 38.8 Å². The van der Waals surface area contributed by atoms with Gasteiger partial charge >= 0.3 is 6.16 Å². The highest BCUT2D eigenvalue weighted by molar-refractivity contribution is 6.32. The number of aryl methyl sites for hydroxylation is 2. The molecule has 4 nitrogen and oxygen atoms in total. The molecule has 0 heterocycles. The van der Waals surface area contributed by atoms with Gasteiger partial charge in [0.1, 0.15) is 5.75 Å². The van der Waals surface area contributed by atoms with E-state index in [2.05, 4.69) is 0 Å². The highest BCUT2D eigenvalue weighted by Crippen LogP contribution is 2.26. The van der Waals surface area contributed by atoms with Gasteiger partial charge in [-0.3, -0.25) is 0 Å². The first-order valence-corrected chi connectivity index (χ1v) is 7.69. The summed E-state index contributed by atoms with van der Waals surface area (Å²) in [6.45, 7) is 5.51. The normalized spacial score (nSPS) is 11.7. The molecule has 0 radical (unpaired) electrons. The molecule has 0 bridgehead atoms. The lowest BCUT2D eigenvalue weighted by atomic mass is 10.1. The van der Waals surface area contributed by atoms with Gasteiger partial charge < -0.3 is 14.4 Å². The summed E-state index contributed by atoms with van der Waals surface area (Å²) in [6, 6.07) is 13.1. The van der Waals surface area contributed by atoms with Crippen LogP contribution in [0.3, 0.4) is 0 Å². The summed E-state index contributed by atoms with van der Waals surface area (Å²) in [5.74, 6) is 0.420. The Hall–Kier alpha value is -2.20. The highest BCUT2D eigenvalue weighted by Gasteiger charge is 2.17. The third kappa shape index (κ3) is 4.39. The number of carbonyl (C=O) groups is 1. The van der Waals surface area contributed by atoms with E-state index in [4.69, 9.17) is 21.1 Å². The molecule has 0 N–H and O–H groups in total. The minimum Gasteiger partial charge on any atom is -0.410 e. The van der Waals surface area contributed by atoms with Crippen LogP contribution < -0.4 is 9.64 Å². The standard InChI is InChI=1S/C18H20ClNO3/c1-12-10-16(11-13(2)17(12)19)23-18(21)22-14(3)20(4)15-8-6-5-7-9-15/h5-11,14H,1-4H3. The third-order valence-electron chi connectivity index (χ3n) is 3.59. The number of rotatable bonds is 4. The Kier molecular flexibility index (Phi) is 5.50. The van der Waals surface area contributed by atoms with E-state index in [0.29, 0.717) is 10.8 Å². The Balaban J connectivity index is 1.99. The molecule has 0 aliphatic rings. The summed E-state index contributed by atoms with van der Waals surface area (Å²) >= 11 is 6.10. The molecular formula is C18H20ClNO3. The zero-order chi connectivity index (χ0) is 17.0. The van der Waals surface area contributed by atoms with E-state index in [0.717, 1.165) is 16.8 Å². The third-order valence-corrected chi connectivity index (χ3v) is 4.18. The van der Waals surface area contributed by atoms with Crippen LogP contribution in [0.4, 0.5) is 10.5 Å². The number of carbonyl (C=O) groups excluding carboxylic acids is 1. The molecule has 1 unspecified atom stereocenters. The molecule has 2 aromatic carbocycles. The molecule has 0 spiro atoms. The smallest absolute Gasteiger partial charge is 0.410 e. The molecule has 0 aromatic heterocycles. The van der Waals surface area contributed by atoms with Crippen LogP contribution in [0.1, 0.15) is 18.1 Å². The van der Waals surface area contributed by atoms with Crippen molar-refractivity contribution in [3.05, 3.63) is 58.6 Å². The van der Waals surface area contributed by atoms with Crippen molar-refractivity contribution >= 4 is 23.4 Å². The van der Waals surface area contributed by atoms with Gasteiger partial charge in [-0.2, -0.15) is 0 Å². The molecule has 2 rings (SSSR count). The largest absolute Gasteiger partial charge is 0.515 e. The lowest BCUT2D eigenvalue weighted by Gasteiger charge is -2.26. The first kappa shape index (κ1) is 17.2. The van der Waals surface area contributed by atoms with Gasteiger partial charge in [-0.05, 0) is 56.2 Å². The first-order chi connectivity index (χ1) is 10.9. The predicted octanol–water partition coefficient (Wildman–Crippen LogP) is 4.95. The van der Waals surface area contributed by atoms with Crippen LogP contribution in [0.15, 0.2) is 42.5 Å². The van der Waals surface area contributed by atoms with Crippen molar-refractivity contribution in [1.29, 1.82) is 0 Å². The fourth-order valence-corrected chi connectivity index (χ4v) is 2.29. The van der Waals surface area contributed by atoms with Crippen LogP contribution in [-0.2, 0) is 4.74 Å². The maximum Gasteiger partial charge on any atom is 0.515 e. The number of halogens is 1. The molecule has 5 heteroatoms. The second kappa shape index (κ2) is 7.38. The van der Waals surface area contributed by atoms with Crippen LogP contribution >= 0.6 is 11.6 Å². The molecule has 0 aliphatic heterocycles. The van der Waals surface area contributed by atoms with Gasteiger partial charge in [0.05, 0.1) is 0 Å². The van der Waals surface area contributed by atoms with Gasteiger partial charge in [-0.15, -0.1) is 0 Å². The SMILES string of the molecule is Cc1cc(OC(=O)OC(C)N(C)c2ccccc2)cc(C)c1Cl. The molecule has 0 saturated carbocycles. The van der Waals surface area contributed by atoms with Crippen molar-refractivity contribution in [3.63, 3.8) is 0 Å². The van der Waals surface area contributed by atoms with Crippen LogP contribution in [0, 0.1) is 13.8 Å². The fraction of sp³-hybridized carbons (Fsp3) is 0.278. The Morgan fingerprint density at radius 3 is 2.26 bits per heavy atom. The minimum atomic E-state index is -0.749. The zero-order valence-electron chi connectivity index (χ0n) is 13.7. The van der Waals surface area contributed by atoms with Gasteiger partial charge in [0.2, 0.25) is 0 Å². The van der Waals surface area contributed by atoms with Crippen LogP contribution in [0.25, 0.3) is 0 Å². The number of benzene rings is 2. The monoisotopic (exact) mass is 333 g/mol. The number of ether oxygens (including phenoxy) is 2. The highest BCUT2D eigenvalue weighted by atomic mass is 35.5. The van der Waals surface area contributed by atoms with Crippen LogP contribution in [0.5, 0.6) is 5.75 Å². The summed E-state index contributed by atoms with van der Waals surface area (Å²) < 4.78 is 10.6. The van der Waals surface area contributed by atoms with E-state index in [1.807, 2.05) is 56.1 Å². The fourth-order valence-electron chi connectivity index (χ4n) is 2.18. The lowest BCUT2D eigenvalue weighted by molar-refractivity contribution is 0.0661. The second-order valence-electron chi connectivity index (χ2n) is 5.39. The zero-order valence-corrected chi connectivity index (χ0v) is 14.4. The van der Waals surface area contributed by atoms with Gasteiger partial charge in [0, 0.05) is 17.8 Å². The van der Waals surface area contributed by atoms with Gasteiger partial charge in [-0.1, -0.05) is 29.8 Å². The average molecular weight is 334 g/mol. The van der Waals surface area contributed by atoms with Crippen LogP contribution in [-0.4, -0.2) is 19.4 Å². The van der Waals surface area contributed by atoms with Gasteiger partial charge in [-0.25, -0.2) is 4.79 Å².